The fraction of sp³-hybridized carbons (Fsp3) is 0.833. The second kappa shape index (κ2) is 5.14. The Kier molecular flexibility index (Phi) is 3.84. The number of halogens is 3. The van der Waals surface area contributed by atoms with Gasteiger partial charge < -0.3 is 15.3 Å². The minimum Gasteiger partial charge on any atom is -0.481 e. The zero-order chi connectivity index (χ0) is 15.0. The molecular weight excluding hydrogens is 277 g/mol. The molecule has 5 nitrogen and oxygen atoms in total. The van der Waals surface area contributed by atoms with Crippen LogP contribution >= 0.6 is 0 Å². The summed E-state index contributed by atoms with van der Waals surface area (Å²) in [6, 6.07) is -0.605. The molecule has 0 bridgehead atoms. The number of nitrogens with zero attached hydrogens (tertiary/aromatic N) is 1. The molecule has 2 N–H and O–H groups in total. The van der Waals surface area contributed by atoms with Gasteiger partial charge in [0.15, 0.2) is 0 Å². The molecule has 0 aromatic carbocycles. The smallest absolute Gasteiger partial charge is 0.393 e. The monoisotopic (exact) mass is 294 g/mol. The van der Waals surface area contributed by atoms with Gasteiger partial charge in [-0.25, -0.2) is 4.79 Å². The topological polar surface area (TPSA) is 69.6 Å². The first-order valence-corrected chi connectivity index (χ1v) is 6.57. The average Bonchev–Trinajstić information content (AvgIpc) is 3.16. The molecule has 8 heteroatoms. The second-order valence-electron chi connectivity index (χ2n) is 5.57. The third-order valence-corrected chi connectivity index (χ3v) is 4.06. The summed E-state index contributed by atoms with van der Waals surface area (Å²) in [6.07, 6.45) is -2.96. The van der Waals surface area contributed by atoms with Crippen LogP contribution < -0.4 is 5.32 Å². The van der Waals surface area contributed by atoms with Crippen molar-refractivity contribution in [3.8, 4) is 0 Å². The predicted molar refractivity (Wildman–Crippen MR) is 63.1 cm³/mol. The molecule has 1 heterocycles. The van der Waals surface area contributed by atoms with E-state index >= 15 is 0 Å². The molecule has 0 aromatic rings. The van der Waals surface area contributed by atoms with E-state index < -0.39 is 29.5 Å². The molecule has 1 saturated carbocycles. The van der Waals surface area contributed by atoms with Gasteiger partial charge >= 0.3 is 18.2 Å². The number of nitrogens with one attached hydrogen (secondary N) is 1. The van der Waals surface area contributed by atoms with Gasteiger partial charge in [0.05, 0.1) is 11.3 Å². The Bertz CT molecular complexity index is 407. The van der Waals surface area contributed by atoms with E-state index in [-0.39, 0.29) is 26.1 Å². The molecule has 2 fully saturated rings. The summed E-state index contributed by atoms with van der Waals surface area (Å²) in [5.41, 5.74) is -0.908. The van der Waals surface area contributed by atoms with Crippen LogP contribution in [0.5, 0.6) is 0 Å². The first-order valence-electron chi connectivity index (χ1n) is 6.57. The predicted octanol–water partition coefficient (Wildman–Crippen LogP) is 1.84. The van der Waals surface area contributed by atoms with Crippen molar-refractivity contribution in [2.24, 2.45) is 11.3 Å². The SMILES string of the molecule is O=C(NCC1(C(=O)O)CC1)N1CCCC(C(F)(F)F)C1. The molecule has 2 amide bonds. The zero-order valence-corrected chi connectivity index (χ0v) is 10.9. The van der Waals surface area contributed by atoms with Gasteiger partial charge in [0, 0.05) is 19.6 Å². The van der Waals surface area contributed by atoms with Crippen molar-refractivity contribution in [2.45, 2.75) is 31.9 Å². The number of urea groups is 1. The Labute approximate surface area is 114 Å². The lowest BCUT2D eigenvalue weighted by atomic mass is 9.98. The molecule has 0 aromatic heterocycles. The fourth-order valence-electron chi connectivity index (χ4n) is 2.40. The van der Waals surface area contributed by atoms with Crippen LogP contribution in [0.3, 0.4) is 0 Å². The Morgan fingerprint density at radius 3 is 2.50 bits per heavy atom. The van der Waals surface area contributed by atoms with E-state index in [1.807, 2.05) is 0 Å². The number of piperidine rings is 1. The fourth-order valence-corrected chi connectivity index (χ4v) is 2.40. The van der Waals surface area contributed by atoms with Gasteiger partial charge in [-0.3, -0.25) is 4.79 Å². The molecular formula is C12H17F3N2O3. The summed E-state index contributed by atoms with van der Waals surface area (Å²) in [5, 5.41) is 11.4. The summed E-state index contributed by atoms with van der Waals surface area (Å²) in [7, 11) is 0. The van der Waals surface area contributed by atoms with Crippen molar-refractivity contribution in [2.75, 3.05) is 19.6 Å². The van der Waals surface area contributed by atoms with E-state index in [9.17, 15) is 22.8 Å². The van der Waals surface area contributed by atoms with Crippen LogP contribution in [-0.2, 0) is 4.79 Å². The lowest BCUT2D eigenvalue weighted by molar-refractivity contribution is -0.184. The van der Waals surface area contributed by atoms with Crippen LogP contribution in [0.15, 0.2) is 0 Å². The highest BCUT2D eigenvalue weighted by Gasteiger charge is 2.50. The number of rotatable bonds is 3. The lowest BCUT2D eigenvalue weighted by Gasteiger charge is -2.33. The third kappa shape index (κ3) is 3.16. The van der Waals surface area contributed by atoms with Crippen molar-refractivity contribution in [3.05, 3.63) is 0 Å². The van der Waals surface area contributed by atoms with Crippen LogP contribution in [0.2, 0.25) is 0 Å². The summed E-state index contributed by atoms with van der Waals surface area (Å²) in [5.74, 6) is -2.46. The summed E-state index contributed by atoms with van der Waals surface area (Å²) >= 11 is 0. The number of carboxylic acids is 1. The normalized spacial score (nSPS) is 25.1. The number of carboxylic acid groups (broad SMARTS) is 1. The molecule has 114 valence electrons. The first kappa shape index (κ1) is 14.9. The Morgan fingerprint density at radius 2 is 2.00 bits per heavy atom. The quantitative estimate of drug-likeness (QED) is 0.834. The van der Waals surface area contributed by atoms with Crippen molar-refractivity contribution < 1.29 is 27.9 Å². The Morgan fingerprint density at radius 1 is 1.35 bits per heavy atom. The molecule has 1 unspecified atom stereocenters. The van der Waals surface area contributed by atoms with Crippen LogP contribution in [0.1, 0.15) is 25.7 Å². The van der Waals surface area contributed by atoms with Crippen molar-refractivity contribution in [1.82, 2.24) is 10.2 Å². The van der Waals surface area contributed by atoms with Crippen LogP contribution in [-0.4, -0.2) is 47.8 Å². The number of hydrogen-bond acceptors (Lipinski definition) is 2. The molecule has 1 aliphatic heterocycles. The third-order valence-electron chi connectivity index (χ3n) is 4.06. The zero-order valence-electron chi connectivity index (χ0n) is 10.9. The van der Waals surface area contributed by atoms with Crippen LogP contribution in [0.4, 0.5) is 18.0 Å². The molecule has 2 rings (SSSR count). The number of alkyl halides is 3. The van der Waals surface area contributed by atoms with E-state index in [0.29, 0.717) is 19.3 Å². The number of hydrogen-bond donors (Lipinski definition) is 2. The Hall–Kier alpha value is -1.47. The average molecular weight is 294 g/mol. The Balaban J connectivity index is 1.85. The van der Waals surface area contributed by atoms with Crippen molar-refractivity contribution in [3.63, 3.8) is 0 Å². The molecule has 1 aliphatic carbocycles. The molecule has 1 atom stereocenters. The summed E-state index contributed by atoms with van der Waals surface area (Å²) in [4.78, 5) is 23.9. The van der Waals surface area contributed by atoms with Gasteiger partial charge in [-0.2, -0.15) is 13.2 Å². The number of likely N-dealkylation sites (tertiary alicyclic amines) is 1. The van der Waals surface area contributed by atoms with E-state index in [2.05, 4.69) is 5.32 Å². The maximum absolute atomic E-state index is 12.6. The number of carbonyl (C=O) groups is 2. The van der Waals surface area contributed by atoms with Gasteiger partial charge in [0.1, 0.15) is 0 Å². The number of carbonyl (C=O) groups excluding carboxylic acids is 1. The minimum atomic E-state index is -4.29. The highest BCUT2D eigenvalue weighted by molar-refractivity contribution is 5.80. The van der Waals surface area contributed by atoms with E-state index in [1.165, 1.54) is 0 Å². The van der Waals surface area contributed by atoms with Gasteiger partial charge in [-0.15, -0.1) is 0 Å². The highest BCUT2D eigenvalue weighted by Crippen LogP contribution is 2.45. The summed E-state index contributed by atoms with van der Waals surface area (Å²) < 4.78 is 37.9. The number of amides is 2. The lowest BCUT2D eigenvalue weighted by Crippen LogP contribution is -2.49. The van der Waals surface area contributed by atoms with Crippen molar-refractivity contribution >= 4 is 12.0 Å². The summed E-state index contributed by atoms with van der Waals surface area (Å²) in [6.45, 7) is -0.0950. The van der Waals surface area contributed by atoms with E-state index in [0.717, 1.165) is 4.90 Å². The molecule has 20 heavy (non-hydrogen) atoms. The van der Waals surface area contributed by atoms with Gasteiger partial charge in [-0.1, -0.05) is 0 Å². The molecule has 1 saturated heterocycles. The maximum atomic E-state index is 12.6. The standard InChI is InChI=1S/C12H17F3N2O3/c13-12(14,15)8-2-1-5-17(6-8)10(20)16-7-11(3-4-11)9(18)19/h8H,1-7H2,(H,16,20)(H,18,19). The largest absolute Gasteiger partial charge is 0.481 e. The van der Waals surface area contributed by atoms with E-state index in [1.54, 1.807) is 0 Å². The second-order valence-corrected chi connectivity index (χ2v) is 5.57. The van der Waals surface area contributed by atoms with Gasteiger partial charge in [-0.05, 0) is 25.7 Å². The highest BCUT2D eigenvalue weighted by atomic mass is 19.4. The van der Waals surface area contributed by atoms with Crippen molar-refractivity contribution in [1.29, 1.82) is 0 Å². The van der Waals surface area contributed by atoms with Gasteiger partial charge in [0.2, 0.25) is 0 Å². The van der Waals surface area contributed by atoms with Crippen LogP contribution in [0, 0.1) is 11.3 Å². The minimum absolute atomic E-state index is 0.0195. The number of aliphatic carboxylic acids is 1. The molecule has 2 aliphatic rings. The molecule has 0 radical (unpaired) electrons. The van der Waals surface area contributed by atoms with E-state index in [4.69, 9.17) is 5.11 Å². The molecule has 0 spiro atoms. The van der Waals surface area contributed by atoms with Crippen LogP contribution in [0.25, 0.3) is 0 Å². The maximum Gasteiger partial charge on any atom is 0.393 e. The first-order chi connectivity index (χ1) is 9.24. The van der Waals surface area contributed by atoms with Gasteiger partial charge in [0.25, 0.3) is 0 Å².